The summed E-state index contributed by atoms with van der Waals surface area (Å²) in [6.07, 6.45) is 1.08. The van der Waals surface area contributed by atoms with Crippen molar-refractivity contribution in [1.82, 2.24) is 4.90 Å². The molecule has 1 fully saturated rings. The van der Waals surface area contributed by atoms with E-state index < -0.39 is 0 Å². The lowest BCUT2D eigenvalue weighted by Gasteiger charge is -2.31. The number of likely N-dealkylation sites (tertiary alicyclic amines) is 1. The average Bonchev–Trinajstić information content (AvgIpc) is 2.32. The molecule has 76 valence electrons. The van der Waals surface area contributed by atoms with E-state index in [-0.39, 0.29) is 17.6 Å². The highest BCUT2D eigenvalue weighted by molar-refractivity contribution is 5.66. The van der Waals surface area contributed by atoms with Gasteiger partial charge in [0.1, 0.15) is 6.10 Å². The van der Waals surface area contributed by atoms with Gasteiger partial charge in [-0.2, -0.15) is 0 Å². The maximum atomic E-state index is 10.7. The molecule has 0 aromatic carbocycles. The van der Waals surface area contributed by atoms with Crippen LogP contribution in [0.25, 0.3) is 0 Å². The number of carbonyl (C=O) groups excluding carboxylic acids is 1. The first-order valence-electron chi connectivity index (χ1n) is 4.82. The number of ether oxygens (including phenoxy) is 1. The van der Waals surface area contributed by atoms with E-state index in [1.807, 2.05) is 0 Å². The number of esters is 1. The fourth-order valence-electron chi connectivity index (χ4n) is 1.67. The van der Waals surface area contributed by atoms with E-state index in [9.17, 15) is 4.79 Å². The van der Waals surface area contributed by atoms with Gasteiger partial charge in [0, 0.05) is 25.6 Å². The zero-order valence-corrected chi connectivity index (χ0v) is 8.96. The third-order valence-electron chi connectivity index (χ3n) is 2.43. The molecular formula is C10H19NO2. The topological polar surface area (TPSA) is 29.5 Å². The molecule has 1 rings (SSSR count). The van der Waals surface area contributed by atoms with Gasteiger partial charge in [-0.1, -0.05) is 0 Å². The highest BCUT2D eigenvalue weighted by Crippen LogP contribution is 2.21. The maximum absolute atomic E-state index is 10.7. The molecule has 0 aromatic heterocycles. The van der Waals surface area contributed by atoms with Gasteiger partial charge in [-0.15, -0.1) is 0 Å². The second-order valence-electron chi connectivity index (χ2n) is 4.64. The first-order chi connectivity index (χ1) is 5.89. The normalized spacial score (nSPS) is 24.8. The fourth-order valence-corrected chi connectivity index (χ4v) is 1.67. The molecule has 0 radical (unpaired) electrons. The molecule has 1 atom stereocenters. The van der Waals surface area contributed by atoms with Gasteiger partial charge >= 0.3 is 5.97 Å². The molecule has 0 bridgehead atoms. The largest absolute Gasteiger partial charge is 0.461 e. The lowest BCUT2D eigenvalue weighted by Crippen LogP contribution is -2.40. The summed E-state index contributed by atoms with van der Waals surface area (Å²) in [4.78, 5) is 13.1. The summed E-state index contributed by atoms with van der Waals surface area (Å²) in [6.45, 7) is 9.93. The Bertz CT molecular complexity index is 196. The SMILES string of the molecule is CC(=O)O[C@@H]1CCN(C(C)(C)C)C1. The quantitative estimate of drug-likeness (QED) is 0.579. The van der Waals surface area contributed by atoms with Crippen molar-refractivity contribution in [3.05, 3.63) is 0 Å². The zero-order chi connectivity index (χ0) is 10.1. The number of carbonyl (C=O) groups is 1. The maximum Gasteiger partial charge on any atom is 0.302 e. The summed E-state index contributed by atoms with van der Waals surface area (Å²) in [7, 11) is 0. The molecule has 3 nitrogen and oxygen atoms in total. The minimum Gasteiger partial charge on any atom is -0.461 e. The highest BCUT2D eigenvalue weighted by atomic mass is 16.5. The van der Waals surface area contributed by atoms with Crippen molar-refractivity contribution in [3.8, 4) is 0 Å². The molecule has 1 aliphatic heterocycles. The molecule has 3 heteroatoms. The molecule has 1 heterocycles. The van der Waals surface area contributed by atoms with Crippen LogP contribution in [0.4, 0.5) is 0 Å². The predicted octanol–water partition coefficient (Wildman–Crippen LogP) is 1.42. The van der Waals surface area contributed by atoms with Crippen molar-refractivity contribution in [3.63, 3.8) is 0 Å². The van der Waals surface area contributed by atoms with E-state index in [2.05, 4.69) is 25.7 Å². The molecule has 0 N–H and O–H groups in total. The van der Waals surface area contributed by atoms with Gasteiger partial charge in [0.25, 0.3) is 0 Å². The third kappa shape index (κ3) is 2.99. The van der Waals surface area contributed by atoms with Crippen LogP contribution in [0.2, 0.25) is 0 Å². The number of hydrogen-bond acceptors (Lipinski definition) is 3. The van der Waals surface area contributed by atoms with E-state index >= 15 is 0 Å². The van der Waals surface area contributed by atoms with Gasteiger partial charge in [0.05, 0.1) is 0 Å². The Morgan fingerprint density at radius 2 is 2.08 bits per heavy atom. The van der Waals surface area contributed by atoms with Crippen LogP contribution in [-0.2, 0) is 9.53 Å². The van der Waals surface area contributed by atoms with Crippen LogP contribution in [-0.4, -0.2) is 35.6 Å². The van der Waals surface area contributed by atoms with Crippen LogP contribution in [0.3, 0.4) is 0 Å². The zero-order valence-electron chi connectivity index (χ0n) is 8.96. The van der Waals surface area contributed by atoms with Crippen molar-refractivity contribution >= 4 is 5.97 Å². The first kappa shape index (κ1) is 10.5. The Morgan fingerprint density at radius 3 is 2.46 bits per heavy atom. The molecule has 0 amide bonds. The average molecular weight is 185 g/mol. The van der Waals surface area contributed by atoms with Crippen molar-refractivity contribution in [2.45, 2.75) is 45.8 Å². The third-order valence-corrected chi connectivity index (χ3v) is 2.43. The van der Waals surface area contributed by atoms with E-state index in [1.165, 1.54) is 6.92 Å². The van der Waals surface area contributed by atoms with Gasteiger partial charge in [-0.3, -0.25) is 9.69 Å². The standard InChI is InChI=1S/C10H19NO2/c1-8(12)13-9-5-6-11(7-9)10(2,3)4/h9H,5-7H2,1-4H3/t9-/m1/s1. The van der Waals surface area contributed by atoms with Crippen molar-refractivity contribution in [2.24, 2.45) is 0 Å². The van der Waals surface area contributed by atoms with Crippen LogP contribution >= 0.6 is 0 Å². The van der Waals surface area contributed by atoms with Gasteiger partial charge in [-0.25, -0.2) is 0 Å². The van der Waals surface area contributed by atoms with Crippen LogP contribution < -0.4 is 0 Å². The van der Waals surface area contributed by atoms with E-state index in [4.69, 9.17) is 4.74 Å². The minimum absolute atomic E-state index is 0.108. The smallest absolute Gasteiger partial charge is 0.302 e. The second kappa shape index (κ2) is 3.66. The van der Waals surface area contributed by atoms with Gasteiger partial charge in [0.15, 0.2) is 0 Å². The molecule has 1 saturated heterocycles. The summed E-state index contributed by atoms with van der Waals surface area (Å²) in [5.74, 6) is -0.166. The van der Waals surface area contributed by atoms with Crippen LogP contribution in [0, 0.1) is 0 Å². The molecular weight excluding hydrogens is 166 g/mol. The van der Waals surface area contributed by atoms with Crippen LogP contribution in [0.5, 0.6) is 0 Å². The number of hydrogen-bond donors (Lipinski definition) is 0. The van der Waals surface area contributed by atoms with Crippen LogP contribution in [0.15, 0.2) is 0 Å². The first-order valence-corrected chi connectivity index (χ1v) is 4.82. The Balaban J connectivity index is 2.41. The Labute approximate surface area is 80.1 Å². The van der Waals surface area contributed by atoms with E-state index in [1.54, 1.807) is 0 Å². The van der Waals surface area contributed by atoms with E-state index in [0.29, 0.717) is 0 Å². The van der Waals surface area contributed by atoms with Gasteiger partial charge < -0.3 is 4.74 Å². The fraction of sp³-hybridized carbons (Fsp3) is 0.900. The number of nitrogens with zero attached hydrogens (tertiary/aromatic N) is 1. The summed E-state index contributed by atoms with van der Waals surface area (Å²) in [5, 5.41) is 0. The van der Waals surface area contributed by atoms with Crippen LogP contribution in [0.1, 0.15) is 34.1 Å². The van der Waals surface area contributed by atoms with E-state index in [0.717, 1.165) is 19.5 Å². The molecule has 1 aliphatic rings. The molecule has 0 unspecified atom stereocenters. The van der Waals surface area contributed by atoms with Crippen molar-refractivity contribution in [2.75, 3.05) is 13.1 Å². The van der Waals surface area contributed by atoms with Crippen molar-refractivity contribution in [1.29, 1.82) is 0 Å². The summed E-state index contributed by atoms with van der Waals surface area (Å²) in [5.41, 5.74) is 0.189. The lowest BCUT2D eigenvalue weighted by molar-refractivity contribution is -0.145. The molecule has 13 heavy (non-hydrogen) atoms. The van der Waals surface area contributed by atoms with Gasteiger partial charge in [0.2, 0.25) is 0 Å². The summed E-state index contributed by atoms with van der Waals surface area (Å²) < 4.78 is 5.16. The monoisotopic (exact) mass is 185 g/mol. The van der Waals surface area contributed by atoms with Gasteiger partial charge in [-0.05, 0) is 27.2 Å². The Kier molecular flexibility index (Phi) is 2.96. The molecule has 0 aliphatic carbocycles. The summed E-state index contributed by atoms with van der Waals surface area (Å²) >= 11 is 0. The number of rotatable bonds is 1. The lowest BCUT2D eigenvalue weighted by atomic mass is 10.1. The Hall–Kier alpha value is -0.570. The highest BCUT2D eigenvalue weighted by Gasteiger charge is 2.31. The predicted molar refractivity (Wildman–Crippen MR) is 51.5 cm³/mol. The minimum atomic E-state index is -0.166. The van der Waals surface area contributed by atoms with Crippen molar-refractivity contribution < 1.29 is 9.53 Å². The molecule has 0 spiro atoms. The summed E-state index contributed by atoms with van der Waals surface area (Å²) in [6, 6.07) is 0. The molecule has 0 aromatic rings. The molecule has 0 saturated carbocycles. The Morgan fingerprint density at radius 1 is 1.46 bits per heavy atom. The second-order valence-corrected chi connectivity index (χ2v) is 4.64.